The molecule has 1 aromatic rings. The Hall–Kier alpha value is -1.83. The van der Waals surface area contributed by atoms with Crippen molar-refractivity contribution in [2.75, 3.05) is 28.3 Å². The van der Waals surface area contributed by atoms with Crippen LogP contribution in [0.15, 0.2) is 18.3 Å². The number of hydrogen-bond acceptors (Lipinski definition) is 5. The molecule has 3 rings (SSSR count). The Morgan fingerprint density at radius 1 is 1.23 bits per heavy atom. The van der Waals surface area contributed by atoms with Crippen molar-refractivity contribution in [2.24, 2.45) is 0 Å². The highest BCUT2D eigenvalue weighted by Crippen LogP contribution is 2.24. The van der Waals surface area contributed by atoms with Gasteiger partial charge in [-0.05, 0) is 38.3 Å². The average Bonchev–Trinajstić information content (AvgIpc) is 2.97. The summed E-state index contributed by atoms with van der Waals surface area (Å²) >= 11 is 0. The third-order valence-electron chi connectivity index (χ3n) is 5.25. The fourth-order valence-corrected chi connectivity index (χ4v) is 5.62. The quantitative estimate of drug-likeness (QED) is 0.819. The minimum absolute atomic E-state index is 0.000194. The van der Waals surface area contributed by atoms with Gasteiger partial charge in [0.1, 0.15) is 5.82 Å². The third kappa shape index (κ3) is 4.87. The minimum Gasteiger partial charge on any atom is -0.367 e. The molecule has 8 heteroatoms. The van der Waals surface area contributed by atoms with Gasteiger partial charge >= 0.3 is 6.03 Å². The van der Waals surface area contributed by atoms with Gasteiger partial charge in [-0.1, -0.05) is 19.3 Å². The molecule has 144 valence electrons. The molecule has 1 saturated carbocycles. The Morgan fingerprint density at radius 2 is 2.00 bits per heavy atom. The van der Waals surface area contributed by atoms with Gasteiger partial charge in [0.15, 0.2) is 9.84 Å². The number of aromatic nitrogens is 1. The van der Waals surface area contributed by atoms with Crippen LogP contribution in [0.2, 0.25) is 0 Å². The Bertz CT molecular complexity index is 714. The average molecular weight is 381 g/mol. The first-order valence-electron chi connectivity index (χ1n) is 9.47. The molecule has 7 nitrogen and oxygen atoms in total. The summed E-state index contributed by atoms with van der Waals surface area (Å²) in [5.74, 6) is 0.949. The van der Waals surface area contributed by atoms with Crippen LogP contribution in [-0.2, 0) is 9.84 Å². The lowest BCUT2D eigenvalue weighted by Crippen LogP contribution is -2.39. The largest absolute Gasteiger partial charge is 0.367 e. The number of carbonyl (C=O) groups is 1. The lowest BCUT2D eigenvalue weighted by Gasteiger charge is -2.28. The zero-order chi connectivity index (χ0) is 18.6. The first-order valence-corrected chi connectivity index (χ1v) is 11.3. The second-order valence-electron chi connectivity index (χ2n) is 7.18. The molecule has 1 aliphatic heterocycles. The second kappa shape index (κ2) is 8.24. The molecule has 0 bridgehead atoms. The van der Waals surface area contributed by atoms with Gasteiger partial charge in [-0.15, -0.1) is 0 Å². The van der Waals surface area contributed by atoms with Gasteiger partial charge < -0.3 is 10.2 Å². The zero-order valence-corrected chi connectivity index (χ0v) is 16.1. The number of hydrogen-bond donors (Lipinski definition) is 2. The monoisotopic (exact) mass is 380 g/mol. The summed E-state index contributed by atoms with van der Waals surface area (Å²) in [4.78, 5) is 18.5. The molecule has 0 radical (unpaired) electrons. The number of amides is 2. The van der Waals surface area contributed by atoms with Gasteiger partial charge in [-0.3, -0.25) is 5.32 Å². The maximum absolute atomic E-state index is 12.1. The number of nitrogens with one attached hydrogen (secondary N) is 2. The molecule has 1 aromatic heterocycles. The summed E-state index contributed by atoms with van der Waals surface area (Å²) in [5.41, 5.74) is 0.882. The standard InChI is InChI=1S/C18H28N4O3S/c1-2-22(16-10-11-26(24,25)13-16)15-8-9-17(19-12-15)21-18(23)20-14-6-4-3-5-7-14/h8-9,12,14,16H,2-7,10-11,13H2,1H3,(H2,19,20,21,23). The van der Waals surface area contributed by atoms with Crippen LogP contribution in [0.3, 0.4) is 0 Å². The topological polar surface area (TPSA) is 91.4 Å². The Morgan fingerprint density at radius 3 is 2.58 bits per heavy atom. The van der Waals surface area contributed by atoms with E-state index >= 15 is 0 Å². The maximum Gasteiger partial charge on any atom is 0.320 e. The van der Waals surface area contributed by atoms with E-state index in [1.54, 1.807) is 12.3 Å². The van der Waals surface area contributed by atoms with Crippen LogP contribution in [0.25, 0.3) is 0 Å². The maximum atomic E-state index is 12.1. The smallest absolute Gasteiger partial charge is 0.320 e. The van der Waals surface area contributed by atoms with Crippen molar-refractivity contribution >= 4 is 27.4 Å². The van der Waals surface area contributed by atoms with Crippen LogP contribution in [0.4, 0.5) is 16.3 Å². The highest BCUT2D eigenvalue weighted by atomic mass is 32.2. The first kappa shape index (κ1) is 18.9. The first-order chi connectivity index (χ1) is 12.5. The molecule has 2 heterocycles. The SMILES string of the molecule is CCN(c1ccc(NC(=O)NC2CCCCC2)nc1)C1CCS(=O)(=O)C1. The molecule has 2 N–H and O–H groups in total. The van der Waals surface area contributed by atoms with E-state index < -0.39 is 9.84 Å². The van der Waals surface area contributed by atoms with Crippen molar-refractivity contribution in [3.05, 3.63) is 18.3 Å². The van der Waals surface area contributed by atoms with Crippen LogP contribution in [0, 0.1) is 0 Å². The summed E-state index contributed by atoms with van der Waals surface area (Å²) in [7, 11) is -2.92. The predicted octanol–water partition coefficient (Wildman–Crippen LogP) is 2.55. The summed E-state index contributed by atoms with van der Waals surface area (Å²) in [6.45, 7) is 2.73. The van der Waals surface area contributed by atoms with E-state index in [2.05, 4.69) is 20.5 Å². The van der Waals surface area contributed by atoms with E-state index in [-0.39, 0.29) is 29.6 Å². The summed E-state index contributed by atoms with van der Waals surface area (Å²) in [5, 5.41) is 5.78. The number of nitrogens with zero attached hydrogens (tertiary/aromatic N) is 2. The van der Waals surface area contributed by atoms with Crippen LogP contribution >= 0.6 is 0 Å². The zero-order valence-electron chi connectivity index (χ0n) is 15.3. The molecular formula is C18H28N4O3S. The van der Waals surface area contributed by atoms with Gasteiger partial charge in [-0.25, -0.2) is 18.2 Å². The highest BCUT2D eigenvalue weighted by Gasteiger charge is 2.31. The van der Waals surface area contributed by atoms with Gasteiger partial charge in [0.05, 0.1) is 23.4 Å². The molecule has 0 aromatic carbocycles. The van der Waals surface area contributed by atoms with E-state index in [1.807, 2.05) is 13.0 Å². The highest BCUT2D eigenvalue weighted by molar-refractivity contribution is 7.91. The molecule has 1 atom stereocenters. The van der Waals surface area contributed by atoms with Gasteiger partial charge in [0, 0.05) is 18.6 Å². The molecule has 1 saturated heterocycles. The normalized spacial score (nSPS) is 22.7. The predicted molar refractivity (Wildman–Crippen MR) is 103 cm³/mol. The van der Waals surface area contributed by atoms with Crippen LogP contribution < -0.4 is 15.5 Å². The van der Waals surface area contributed by atoms with Gasteiger partial charge in [0.25, 0.3) is 0 Å². The van der Waals surface area contributed by atoms with E-state index in [0.29, 0.717) is 12.2 Å². The number of sulfone groups is 1. The van der Waals surface area contributed by atoms with E-state index in [9.17, 15) is 13.2 Å². The molecular weight excluding hydrogens is 352 g/mol. The van der Waals surface area contributed by atoms with Crippen molar-refractivity contribution in [2.45, 2.75) is 57.5 Å². The number of pyridine rings is 1. The number of anilines is 2. The number of carbonyl (C=O) groups excluding carboxylic acids is 1. The van der Waals surface area contributed by atoms with Crippen molar-refractivity contribution in [3.63, 3.8) is 0 Å². The van der Waals surface area contributed by atoms with E-state index in [0.717, 1.165) is 25.1 Å². The summed E-state index contributed by atoms with van der Waals surface area (Å²) in [6, 6.07) is 3.69. The van der Waals surface area contributed by atoms with Crippen LogP contribution in [-0.4, -0.2) is 49.6 Å². The van der Waals surface area contributed by atoms with Crippen molar-refractivity contribution in [1.29, 1.82) is 0 Å². The molecule has 2 aliphatic rings. The van der Waals surface area contributed by atoms with Crippen molar-refractivity contribution < 1.29 is 13.2 Å². The molecule has 1 unspecified atom stereocenters. The van der Waals surface area contributed by atoms with Crippen LogP contribution in [0.5, 0.6) is 0 Å². The van der Waals surface area contributed by atoms with E-state index in [4.69, 9.17) is 0 Å². The summed E-state index contributed by atoms with van der Waals surface area (Å²) < 4.78 is 23.5. The number of urea groups is 1. The lowest BCUT2D eigenvalue weighted by molar-refractivity contribution is 0.244. The minimum atomic E-state index is -2.92. The Kier molecular flexibility index (Phi) is 6.01. The molecule has 2 amide bonds. The van der Waals surface area contributed by atoms with Crippen LogP contribution in [0.1, 0.15) is 45.4 Å². The molecule has 26 heavy (non-hydrogen) atoms. The van der Waals surface area contributed by atoms with E-state index in [1.165, 1.54) is 19.3 Å². The third-order valence-corrected chi connectivity index (χ3v) is 7.00. The fraction of sp³-hybridized carbons (Fsp3) is 0.667. The molecule has 0 spiro atoms. The van der Waals surface area contributed by atoms with Crippen molar-refractivity contribution in [1.82, 2.24) is 10.3 Å². The van der Waals surface area contributed by atoms with Crippen molar-refractivity contribution in [3.8, 4) is 0 Å². The molecule has 2 fully saturated rings. The second-order valence-corrected chi connectivity index (χ2v) is 9.41. The Balaban J connectivity index is 1.57. The lowest BCUT2D eigenvalue weighted by atomic mass is 9.96. The summed E-state index contributed by atoms with van der Waals surface area (Å²) in [6.07, 6.45) is 8.01. The molecule has 1 aliphatic carbocycles. The Labute approximate surface area is 155 Å². The van der Waals surface area contributed by atoms with Gasteiger partial charge in [-0.2, -0.15) is 0 Å². The number of rotatable bonds is 5. The fourth-order valence-electron chi connectivity index (χ4n) is 3.89. The van der Waals surface area contributed by atoms with Gasteiger partial charge in [0.2, 0.25) is 0 Å².